The van der Waals surface area contributed by atoms with Crippen LogP contribution in [0.2, 0.25) is 5.02 Å². The number of aromatic nitrogens is 2. The van der Waals surface area contributed by atoms with Crippen molar-refractivity contribution in [1.82, 2.24) is 9.55 Å². The Labute approximate surface area is 172 Å². The molecule has 1 amide bonds. The van der Waals surface area contributed by atoms with Crippen LogP contribution in [0, 0.1) is 0 Å². The van der Waals surface area contributed by atoms with Crippen LogP contribution in [0.5, 0.6) is 0 Å². The summed E-state index contributed by atoms with van der Waals surface area (Å²) in [6.45, 7) is 2.21. The maximum absolute atomic E-state index is 12.8. The summed E-state index contributed by atoms with van der Waals surface area (Å²) >= 11 is 8.42. The van der Waals surface area contributed by atoms with E-state index >= 15 is 0 Å². The molecule has 2 aromatic rings. The van der Waals surface area contributed by atoms with Crippen LogP contribution >= 0.6 is 35.1 Å². The van der Waals surface area contributed by atoms with E-state index in [1.54, 1.807) is 0 Å². The molecule has 0 fully saturated rings. The van der Waals surface area contributed by atoms with E-state index in [4.69, 9.17) is 11.6 Å². The van der Waals surface area contributed by atoms with Gasteiger partial charge in [-0.25, -0.2) is 4.98 Å². The van der Waals surface area contributed by atoms with Crippen molar-refractivity contribution in [2.24, 2.45) is 0 Å². The fourth-order valence-electron chi connectivity index (χ4n) is 2.63. The van der Waals surface area contributed by atoms with E-state index < -0.39 is 17.6 Å². The van der Waals surface area contributed by atoms with Gasteiger partial charge in [0.25, 0.3) is 5.56 Å². The van der Waals surface area contributed by atoms with E-state index in [-0.39, 0.29) is 22.0 Å². The normalized spacial score (nSPS) is 13.5. The number of hydrogen-bond acceptors (Lipinski definition) is 5. The highest BCUT2D eigenvalue weighted by Gasteiger charge is 2.31. The van der Waals surface area contributed by atoms with Gasteiger partial charge in [0.15, 0.2) is 5.16 Å². The van der Waals surface area contributed by atoms with Crippen molar-refractivity contribution in [3.05, 3.63) is 44.8 Å². The predicted molar refractivity (Wildman–Crippen MR) is 104 cm³/mol. The molecule has 0 aliphatic carbocycles. The van der Waals surface area contributed by atoms with Gasteiger partial charge < -0.3 is 5.32 Å². The number of hydrogen-bond donors (Lipinski definition) is 1. The zero-order chi connectivity index (χ0) is 20.5. The van der Waals surface area contributed by atoms with Crippen molar-refractivity contribution < 1.29 is 18.0 Å². The Kier molecular flexibility index (Phi) is 6.31. The Hall–Kier alpha value is -1.65. The average Bonchev–Trinajstić information content (AvgIpc) is 3.10. The molecule has 0 atom stereocenters. The summed E-state index contributed by atoms with van der Waals surface area (Å²) in [6, 6.07) is 2.72. The van der Waals surface area contributed by atoms with Crippen LogP contribution in [-0.4, -0.2) is 27.0 Å². The number of alkyl halides is 3. The van der Waals surface area contributed by atoms with Gasteiger partial charge in [-0.15, -0.1) is 11.8 Å². The Morgan fingerprint density at radius 3 is 2.86 bits per heavy atom. The highest BCUT2D eigenvalue weighted by Crippen LogP contribution is 2.34. The molecule has 0 radical (unpaired) electrons. The van der Waals surface area contributed by atoms with Crippen LogP contribution in [0.25, 0.3) is 0 Å². The first-order valence-corrected chi connectivity index (χ1v) is 10.6. The van der Waals surface area contributed by atoms with Crippen molar-refractivity contribution in [2.75, 3.05) is 16.8 Å². The monoisotopic (exact) mass is 449 g/mol. The minimum absolute atomic E-state index is 0.00416. The molecule has 150 valence electrons. The Morgan fingerprint density at radius 1 is 1.43 bits per heavy atom. The molecule has 0 bridgehead atoms. The second-order valence-electron chi connectivity index (χ2n) is 5.85. The topological polar surface area (TPSA) is 64.0 Å². The van der Waals surface area contributed by atoms with Gasteiger partial charge in [0.1, 0.15) is 0 Å². The lowest BCUT2D eigenvalue weighted by atomic mass is 10.2. The predicted octanol–water partition coefficient (Wildman–Crippen LogP) is 4.31. The Bertz CT molecular complexity index is 979. The van der Waals surface area contributed by atoms with E-state index in [0.29, 0.717) is 23.0 Å². The molecule has 28 heavy (non-hydrogen) atoms. The fourth-order valence-corrected chi connectivity index (χ4v) is 4.71. The van der Waals surface area contributed by atoms with Gasteiger partial charge in [0, 0.05) is 18.7 Å². The Morgan fingerprint density at radius 2 is 2.18 bits per heavy atom. The molecule has 2 heterocycles. The number of benzene rings is 1. The molecule has 11 heteroatoms. The maximum Gasteiger partial charge on any atom is 0.416 e. The van der Waals surface area contributed by atoms with Crippen molar-refractivity contribution in [1.29, 1.82) is 0 Å². The quantitative estimate of drug-likeness (QED) is 0.544. The number of halogens is 4. The van der Waals surface area contributed by atoms with Crippen molar-refractivity contribution in [3.8, 4) is 0 Å². The molecular formula is C17H15ClF3N3O2S2. The largest absolute Gasteiger partial charge is 0.416 e. The van der Waals surface area contributed by atoms with Gasteiger partial charge in [-0.1, -0.05) is 23.4 Å². The number of thioether (sulfide) groups is 2. The van der Waals surface area contributed by atoms with Gasteiger partial charge in [0.2, 0.25) is 5.91 Å². The molecule has 0 spiro atoms. The third-order valence-electron chi connectivity index (χ3n) is 3.96. The zero-order valence-electron chi connectivity index (χ0n) is 14.6. The number of carbonyl (C=O) groups is 1. The standard InChI is InChI=1S/C17H15ClF3N3O2S2/c1-2-24-15(26)14-11(5-6-27-14)23-16(24)28-8-13(25)22-12-7-9(17(19,20)21)3-4-10(12)18/h3-4,7H,2,5-6,8H2,1H3,(H,22,25). The lowest BCUT2D eigenvalue weighted by Gasteiger charge is -2.13. The summed E-state index contributed by atoms with van der Waals surface area (Å²) in [4.78, 5) is 29.8. The summed E-state index contributed by atoms with van der Waals surface area (Å²) in [6.07, 6.45) is -3.85. The third-order valence-corrected chi connectivity index (χ3v) is 6.38. The molecular weight excluding hydrogens is 435 g/mol. The van der Waals surface area contributed by atoms with Crippen molar-refractivity contribution in [3.63, 3.8) is 0 Å². The summed E-state index contributed by atoms with van der Waals surface area (Å²) < 4.78 is 40.0. The van der Waals surface area contributed by atoms with Crippen molar-refractivity contribution >= 4 is 46.7 Å². The molecule has 1 N–H and O–H groups in total. The summed E-state index contributed by atoms with van der Waals surface area (Å²) in [5.74, 6) is 0.132. The second-order valence-corrected chi connectivity index (χ2v) is 8.30. The minimum atomic E-state index is -4.54. The van der Waals surface area contributed by atoms with Gasteiger partial charge in [-0.3, -0.25) is 14.2 Å². The summed E-state index contributed by atoms with van der Waals surface area (Å²) in [7, 11) is 0. The number of amides is 1. The highest BCUT2D eigenvalue weighted by atomic mass is 35.5. The number of nitrogens with one attached hydrogen (secondary N) is 1. The van der Waals surface area contributed by atoms with E-state index in [9.17, 15) is 22.8 Å². The lowest BCUT2D eigenvalue weighted by molar-refractivity contribution is -0.137. The molecule has 1 aliphatic heterocycles. The molecule has 0 unspecified atom stereocenters. The first kappa shape index (κ1) is 21.1. The summed E-state index contributed by atoms with van der Waals surface area (Å²) in [5.41, 5.74) is -0.423. The van der Waals surface area contributed by atoms with Gasteiger partial charge in [-0.05, 0) is 25.1 Å². The number of fused-ring (bicyclic) bond motifs is 1. The third kappa shape index (κ3) is 4.49. The fraction of sp³-hybridized carbons (Fsp3) is 0.353. The average molecular weight is 450 g/mol. The van der Waals surface area contributed by atoms with Crippen LogP contribution < -0.4 is 10.9 Å². The number of nitrogens with zero attached hydrogens (tertiary/aromatic N) is 2. The van der Waals surface area contributed by atoms with Gasteiger partial charge >= 0.3 is 6.18 Å². The van der Waals surface area contributed by atoms with Crippen molar-refractivity contribution in [2.45, 2.75) is 36.1 Å². The molecule has 1 aromatic heterocycles. The molecule has 1 aromatic carbocycles. The molecule has 3 rings (SSSR count). The smallest absolute Gasteiger partial charge is 0.324 e. The first-order chi connectivity index (χ1) is 13.2. The number of aryl methyl sites for hydroxylation is 1. The van der Waals surface area contributed by atoms with Crippen LogP contribution in [0.1, 0.15) is 18.2 Å². The zero-order valence-corrected chi connectivity index (χ0v) is 17.0. The van der Waals surface area contributed by atoms with E-state index in [1.807, 2.05) is 6.92 Å². The van der Waals surface area contributed by atoms with Crippen LogP contribution in [0.15, 0.2) is 33.0 Å². The number of carbonyl (C=O) groups excluding carboxylic acids is 1. The van der Waals surface area contributed by atoms with Crippen LogP contribution in [-0.2, 0) is 23.9 Å². The molecule has 0 saturated heterocycles. The lowest BCUT2D eigenvalue weighted by Crippen LogP contribution is -2.25. The van der Waals surface area contributed by atoms with E-state index in [2.05, 4.69) is 10.3 Å². The second kappa shape index (κ2) is 8.38. The number of anilines is 1. The van der Waals surface area contributed by atoms with Gasteiger partial charge in [-0.2, -0.15) is 13.2 Å². The van der Waals surface area contributed by atoms with Crippen LogP contribution in [0.4, 0.5) is 18.9 Å². The SMILES string of the molecule is CCn1c(SCC(=O)Nc2cc(C(F)(F)F)ccc2Cl)nc2c(c1=O)SCC2. The van der Waals surface area contributed by atoms with E-state index in [1.165, 1.54) is 16.3 Å². The highest BCUT2D eigenvalue weighted by molar-refractivity contribution is 8.00. The van der Waals surface area contributed by atoms with Crippen LogP contribution in [0.3, 0.4) is 0 Å². The van der Waals surface area contributed by atoms with Gasteiger partial charge in [0.05, 0.1) is 32.6 Å². The van der Waals surface area contributed by atoms with E-state index in [0.717, 1.165) is 41.4 Å². The first-order valence-electron chi connectivity index (χ1n) is 8.26. The molecule has 5 nitrogen and oxygen atoms in total. The Balaban J connectivity index is 1.74. The minimum Gasteiger partial charge on any atom is -0.324 e. The summed E-state index contributed by atoms with van der Waals surface area (Å²) in [5, 5.41) is 2.81. The maximum atomic E-state index is 12.8. The number of rotatable bonds is 5. The molecule has 1 aliphatic rings. The molecule has 0 saturated carbocycles.